The lowest BCUT2D eigenvalue weighted by Gasteiger charge is -2.25. The predicted molar refractivity (Wildman–Crippen MR) is 149 cm³/mol. The fraction of sp³-hybridized carbons (Fsp3) is 0.310. The van der Waals surface area contributed by atoms with Gasteiger partial charge in [0.1, 0.15) is 0 Å². The van der Waals surface area contributed by atoms with Crippen molar-refractivity contribution in [2.45, 2.75) is 20.3 Å². The zero-order valence-electron chi connectivity index (χ0n) is 19.2. The summed E-state index contributed by atoms with van der Waals surface area (Å²) in [5.74, 6) is 4.76. The predicted octanol–water partition coefficient (Wildman–Crippen LogP) is 7.90. The molecule has 0 aliphatic carbocycles. The van der Waals surface area contributed by atoms with E-state index in [0.29, 0.717) is 0 Å². The van der Waals surface area contributed by atoms with Gasteiger partial charge in [-0.3, -0.25) is 0 Å². The lowest BCUT2D eigenvalue weighted by molar-refractivity contribution is 0.878. The van der Waals surface area contributed by atoms with Crippen LogP contribution in [0.2, 0.25) is 0 Å². The molecule has 0 radical (unpaired) electrons. The molecule has 0 N–H and O–H groups in total. The fourth-order valence-electron chi connectivity index (χ4n) is 4.34. The molecule has 0 heterocycles. The van der Waals surface area contributed by atoms with Gasteiger partial charge in [-0.15, -0.1) is 0 Å². The van der Waals surface area contributed by atoms with Crippen molar-refractivity contribution in [2.75, 3.05) is 41.0 Å². The van der Waals surface area contributed by atoms with Gasteiger partial charge in [0.15, 0.2) is 0 Å². The van der Waals surface area contributed by atoms with E-state index in [1.54, 1.807) is 0 Å². The third-order valence-corrected chi connectivity index (χ3v) is 7.74. The van der Waals surface area contributed by atoms with E-state index in [0.717, 1.165) is 19.5 Å². The summed E-state index contributed by atoms with van der Waals surface area (Å²) >= 11 is 4.06. The maximum atomic E-state index is 2.56. The lowest BCUT2D eigenvalue weighted by atomic mass is 9.92. The van der Waals surface area contributed by atoms with Crippen LogP contribution in [-0.2, 0) is 6.42 Å². The van der Waals surface area contributed by atoms with Crippen LogP contribution in [0.5, 0.6) is 0 Å². The Labute approximate surface area is 201 Å². The monoisotopic (exact) mass is 459 g/mol. The second-order valence-electron chi connectivity index (χ2n) is 8.02. The van der Waals surface area contributed by atoms with E-state index in [-0.39, 0.29) is 0 Å². The SMILES string of the molecule is CCSCCN(CCSCC)c1ccc(Cc2c3ccccc3cc3ccccc23)cc1. The summed E-state index contributed by atoms with van der Waals surface area (Å²) in [7, 11) is 0. The second kappa shape index (κ2) is 11.7. The first-order valence-corrected chi connectivity index (χ1v) is 14.0. The van der Waals surface area contributed by atoms with E-state index in [1.807, 2.05) is 23.5 Å². The second-order valence-corrected chi connectivity index (χ2v) is 10.8. The zero-order chi connectivity index (χ0) is 22.2. The van der Waals surface area contributed by atoms with E-state index in [2.05, 4.69) is 97.6 Å². The first-order chi connectivity index (χ1) is 15.8. The van der Waals surface area contributed by atoms with E-state index in [9.17, 15) is 0 Å². The molecular weight excluding hydrogens is 426 g/mol. The Kier molecular flexibility index (Phi) is 8.42. The van der Waals surface area contributed by atoms with Gasteiger partial charge in [0.25, 0.3) is 0 Å². The molecule has 4 rings (SSSR count). The Balaban J connectivity index is 1.59. The molecule has 0 aliphatic heterocycles. The molecule has 1 nitrogen and oxygen atoms in total. The van der Waals surface area contributed by atoms with Crippen LogP contribution in [0, 0.1) is 0 Å². The molecule has 4 aromatic carbocycles. The number of nitrogens with zero attached hydrogens (tertiary/aromatic N) is 1. The van der Waals surface area contributed by atoms with Crippen molar-refractivity contribution >= 4 is 50.8 Å². The highest BCUT2D eigenvalue weighted by molar-refractivity contribution is 7.99. The Morgan fingerprint density at radius 2 is 1.19 bits per heavy atom. The molecular formula is C29H33NS2. The third kappa shape index (κ3) is 5.63. The highest BCUT2D eigenvalue weighted by atomic mass is 32.2. The number of rotatable bonds is 11. The molecule has 0 aromatic heterocycles. The normalized spacial score (nSPS) is 11.3. The highest BCUT2D eigenvalue weighted by Gasteiger charge is 2.10. The molecule has 0 saturated carbocycles. The Morgan fingerprint density at radius 1 is 0.656 bits per heavy atom. The van der Waals surface area contributed by atoms with Gasteiger partial charge >= 0.3 is 0 Å². The summed E-state index contributed by atoms with van der Waals surface area (Å²) in [5, 5.41) is 5.38. The van der Waals surface area contributed by atoms with Crippen LogP contribution in [0.1, 0.15) is 25.0 Å². The minimum atomic E-state index is 0.958. The largest absolute Gasteiger partial charge is 0.370 e. The number of fused-ring (bicyclic) bond motifs is 2. The minimum absolute atomic E-state index is 0.958. The topological polar surface area (TPSA) is 3.24 Å². The van der Waals surface area contributed by atoms with E-state index >= 15 is 0 Å². The van der Waals surface area contributed by atoms with E-state index in [4.69, 9.17) is 0 Å². The standard InChI is InChI=1S/C29H33NS2/c1-3-31-19-17-30(18-20-32-4-2)26-15-13-23(14-16-26)21-29-27-11-7-5-9-24(27)22-25-10-6-8-12-28(25)29/h5-16,22H,3-4,17-21H2,1-2H3. The van der Waals surface area contributed by atoms with Crippen LogP contribution in [0.3, 0.4) is 0 Å². The molecule has 0 bridgehead atoms. The van der Waals surface area contributed by atoms with Crippen LogP contribution in [0.4, 0.5) is 5.69 Å². The van der Waals surface area contributed by atoms with Crippen molar-refractivity contribution in [3.05, 3.63) is 90.0 Å². The van der Waals surface area contributed by atoms with Crippen LogP contribution >= 0.6 is 23.5 Å². The molecule has 32 heavy (non-hydrogen) atoms. The maximum absolute atomic E-state index is 2.56. The molecule has 0 unspecified atom stereocenters. The van der Waals surface area contributed by atoms with Crippen LogP contribution in [0.15, 0.2) is 78.9 Å². The number of hydrogen-bond donors (Lipinski definition) is 0. The summed E-state index contributed by atoms with van der Waals surface area (Å²) in [6.45, 7) is 6.73. The minimum Gasteiger partial charge on any atom is -0.370 e. The molecule has 166 valence electrons. The molecule has 0 amide bonds. The number of benzene rings is 4. The zero-order valence-corrected chi connectivity index (χ0v) is 20.9. The third-order valence-electron chi connectivity index (χ3n) is 5.98. The van der Waals surface area contributed by atoms with Gasteiger partial charge in [-0.05, 0) is 68.8 Å². The Morgan fingerprint density at radius 3 is 1.72 bits per heavy atom. The molecule has 0 aliphatic rings. The molecule has 3 heteroatoms. The van der Waals surface area contributed by atoms with Crippen LogP contribution in [0.25, 0.3) is 21.5 Å². The lowest BCUT2D eigenvalue weighted by Crippen LogP contribution is -2.28. The summed E-state index contributed by atoms with van der Waals surface area (Å²) in [6, 6.07) is 29.2. The van der Waals surface area contributed by atoms with Crippen molar-refractivity contribution in [3.8, 4) is 0 Å². The van der Waals surface area contributed by atoms with E-state index in [1.165, 1.54) is 61.4 Å². The molecule has 0 spiro atoms. The summed E-state index contributed by atoms with van der Waals surface area (Å²) < 4.78 is 0. The summed E-state index contributed by atoms with van der Waals surface area (Å²) in [6.07, 6.45) is 0.958. The van der Waals surface area contributed by atoms with E-state index < -0.39 is 0 Å². The quantitative estimate of drug-likeness (QED) is 0.166. The highest BCUT2D eigenvalue weighted by Crippen LogP contribution is 2.30. The number of thioether (sulfide) groups is 2. The average Bonchev–Trinajstić information content (AvgIpc) is 2.84. The summed E-state index contributed by atoms with van der Waals surface area (Å²) in [4.78, 5) is 2.56. The number of anilines is 1. The van der Waals surface area contributed by atoms with Gasteiger partial charge in [-0.25, -0.2) is 0 Å². The van der Waals surface area contributed by atoms with Crippen molar-refractivity contribution in [1.29, 1.82) is 0 Å². The van der Waals surface area contributed by atoms with Gasteiger partial charge in [-0.2, -0.15) is 23.5 Å². The Hall–Kier alpha value is -2.10. The van der Waals surface area contributed by atoms with Crippen LogP contribution < -0.4 is 4.90 Å². The van der Waals surface area contributed by atoms with Crippen molar-refractivity contribution < 1.29 is 0 Å². The molecule has 0 atom stereocenters. The fourth-order valence-corrected chi connectivity index (χ4v) is 5.61. The van der Waals surface area contributed by atoms with Gasteiger partial charge in [0.2, 0.25) is 0 Å². The average molecular weight is 460 g/mol. The van der Waals surface area contributed by atoms with Gasteiger partial charge in [0.05, 0.1) is 0 Å². The summed E-state index contributed by atoms with van der Waals surface area (Å²) in [5.41, 5.74) is 4.16. The van der Waals surface area contributed by atoms with Gasteiger partial charge < -0.3 is 4.90 Å². The van der Waals surface area contributed by atoms with Gasteiger partial charge in [-0.1, -0.05) is 74.5 Å². The first-order valence-electron chi connectivity index (χ1n) is 11.7. The van der Waals surface area contributed by atoms with Crippen molar-refractivity contribution in [2.24, 2.45) is 0 Å². The van der Waals surface area contributed by atoms with Gasteiger partial charge in [0, 0.05) is 30.3 Å². The molecule has 0 saturated heterocycles. The first kappa shape index (κ1) is 23.1. The Bertz CT molecular complexity index is 1070. The van der Waals surface area contributed by atoms with Crippen LogP contribution in [-0.4, -0.2) is 36.1 Å². The molecule has 0 fully saturated rings. The number of hydrogen-bond acceptors (Lipinski definition) is 3. The van der Waals surface area contributed by atoms with Crippen molar-refractivity contribution in [3.63, 3.8) is 0 Å². The van der Waals surface area contributed by atoms with Crippen molar-refractivity contribution in [1.82, 2.24) is 0 Å². The smallest absolute Gasteiger partial charge is 0.0366 e. The maximum Gasteiger partial charge on any atom is 0.0366 e. The molecule has 4 aromatic rings.